The molecule has 2 rings (SSSR count). The van der Waals surface area contributed by atoms with Crippen molar-refractivity contribution in [1.29, 1.82) is 0 Å². The molecule has 4 nitrogen and oxygen atoms in total. The number of hydrogen-bond donors (Lipinski definition) is 2. The summed E-state index contributed by atoms with van der Waals surface area (Å²) in [6.45, 7) is 2.58. The Balaban J connectivity index is 2.01. The maximum atomic E-state index is 5.83. The maximum absolute atomic E-state index is 5.83. The van der Waals surface area contributed by atoms with E-state index in [1.165, 1.54) is 0 Å². The molecule has 0 bridgehead atoms. The van der Waals surface area contributed by atoms with Gasteiger partial charge in [0.15, 0.2) is 0 Å². The molecule has 0 aliphatic heterocycles. The second-order valence-electron chi connectivity index (χ2n) is 3.91. The molecule has 1 aromatic carbocycles. The van der Waals surface area contributed by atoms with Gasteiger partial charge in [-0.3, -0.25) is 0 Å². The highest BCUT2D eigenvalue weighted by atomic mass is 16.5. The predicted molar refractivity (Wildman–Crippen MR) is 67.3 cm³/mol. The van der Waals surface area contributed by atoms with Crippen molar-refractivity contribution in [3.8, 4) is 0 Å². The van der Waals surface area contributed by atoms with Crippen LogP contribution in [0.1, 0.15) is 30.8 Å². The molecule has 3 N–H and O–H groups in total. The third-order valence-corrected chi connectivity index (χ3v) is 2.63. The number of imidazole rings is 1. The first-order valence-corrected chi connectivity index (χ1v) is 5.75. The van der Waals surface area contributed by atoms with Gasteiger partial charge in [-0.25, -0.2) is 4.98 Å². The Morgan fingerprint density at radius 2 is 2.35 bits per heavy atom. The van der Waals surface area contributed by atoms with Crippen LogP contribution in [0.15, 0.2) is 36.7 Å². The fourth-order valence-corrected chi connectivity index (χ4v) is 1.77. The van der Waals surface area contributed by atoms with Crippen LogP contribution in [-0.4, -0.2) is 9.97 Å². The van der Waals surface area contributed by atoms with Crippen molar-refractivity contribution in [3.63, 3.8) is 0 Å². The lowest BCUT2D eigenvalue weighted by Gasteiger charge is -2.16. The van der Waals surface area contributed by atoms with Gasteiger partial charge in [-0.2, -0.15) is 0 Å². The number of nitrogens with zero attached hydrogens (tertiary/aromatic N) is 1. The van der Waals surface area contributed by atoms with Crippen molar-refractivity contribution in [2.24, 2.45) is 0 Å². The largest absolute Gasteiger partial charge is 0.399 e. The summed E-state index contributed by atoms with van der Waals surface area (Å²) < 4.78 is 5.83. The molecular weight excluding hydrogens is 214 g/mol. The number of nitrogens with one attached hydrogen (secondary N) is 1. The van der Waals surface area contributed by atoms with E-state index in [0.717, 1.165) is 23.5 Å². The first kappa shape index (κ1) is 11.7. The van der Waals surface area contributed by atoms with E-state index >= 15 is 0 Å². The summed E-state index contributed by atoms with van der Waals surface area (Å²) in [7, 11) is 0. The number of H-pyrrole nitrogens is 1. The summed E-state index contributed by atoms with van der Waals surface area (Å²) in [5, 5.41) is 0. The predicted octanol–water partition coefficient (Wildman–Crippen LogP) is 2.66. The van der Waals surface area contributed by atoms with E-state index < -0.39 is 0 Å². The van der Waals surface area contributed by atoms with E-state index in [9.17, 15) is 0 Å². The van der Waals surface area contributed by atoms with Gasteiger partial charge in [-0.15, -0.1) is 0 Å². The second-order valence-corrected chi connectivity index (χ2v) is 3.91. The van der Waals surface area contributed by atoms with Crippen molar-refractivity contribution in [2.75, 3.05) is 5.73 Å². The standard InChI is InChI=1S/C13H17N3O/c1-2-12(10-4-3-5-11(14)8-10)17-9-13-15-6-7-16-13/h3-8,12H,2,9,14H2,1H3,(H,15,16). The van der Waals surface area contributed by atoms with Crippen LogP contribution in [-0.2, 0) is 11.3 Å². The molecular formula is C13H17N3O. The number of hydrogen-bond acceptors (Lipinski definition) is 3. The van der Waals surface area contributed by atoms with Crippen LogP contribution in [0.4, 0.5) is 5.69 Å². The molecule has 1 aromatic heterocycles. The molecule has 1 atom stereocenters. The number of nitrogen functional groups attached to an aromatic ring is 1. The summed E-state index contributed by atoms with van der Waals surface area (Å²) in [5.74, 6) is 0.840. The Bertz CT molecular complexity index is 453. The highest BCUT2D eigenvalue weighted by molar-refractivity contribution is 5.41. The lowest BCUT2D eigenvalue weighted by Crippen LogP contribution is -2.05. The van der Waals surface area contributed by atoms with Gasteiger partial charge in [-0.05, 0) is 24.1 Å². The van der Waals surface area contributed by atoms with E-state index in [1.54, 1.807) is 12.4 Å². The van der Waals surface area contributed by atoms with Crippen LogP contribution in [0.2, 0.25) is 0 Å². The zero-order valence-electron chi connectivity index (χ0n) is 9.89. The van der Waals surface area contributed by atoms with Crippen molar-refractivity contribution >= 4 is 5.69 Å². The molecule has 0 saturated carbocycles. The average Bonchev–Trinajstić information content (AvgIpc) is 2.83. The number of benzene rings is 1. The second kappa shape index (κ2) is 5.50. The zero-order valence-corrected chi connectivity index (χ0v) is 9.89. The molecule has 0 spiro atoms. The fraction of sp³-hybridized carbons (Fsp3) is 0.308. The van der Waals surface area contributed by atoms with Crippen LogP contribution in [0.5, 0.6) is 0 Å². The first-order valence-electron chi connectivity index (χ1n) is 5.75. The van der Waals surface area contributed by atoms with Gasteiger partial charge in [0.2, 0.25) is 0 Å². The minimum atomic E-state index is 0.0589. The van der Waals surface area contributed by atoms with E-state index in [-0.39, 0.29) is 6.10 Å². The topological polar surface area (TPSA) is 63.9 Å². The number of aromatic amines is 1. The summed E-state index contributed by atoms with van der Waals surface area (Å²) in [4.78, 5) is 7.15. The van der Waals surface area contributed by atoms with Gasteiger partial charge in [-0.1, -0.05) is 19.1 Å². The number of rotatable bonds is 5. The molecule has 1 heterocycles. The van der Waals surface area contributed by atoms with Crippen LogP contribution >= 0.6 is 0 Å². The third kappa shape index (κ3) is 3.07. The van der Waals surface area contributed by atoms with Gasteiger partial charge in [0, 0.05) is 18.1 Å². The fourth-order valence-electron chi connectivity index (χ4n) is 1.77. The molecule has 0 saturated heterocycles. The van der Waals surface area contributed by atoms with Gasteiger partial charge in [0.25, 0.3) is 0 Å². The number of aromatic nitrogens is 2. The minimum absolute atomic E-state index is 0.0589. The van der Waals surface area contributed by atoms with Crippen molar-refractivity contribution in [3.05, 3.63) is 48.0 Å². The summed E-state index contributed by atoms with van der Waals surface area (Å²) in [6.07, 6.45) is 4.48. The van der Waals surface area contributed by atoms with Crippen LogP contribution in [0, 0.1) is 0 Å². The van der Waals surface area contributed by atoms with E-state index in [4.69, 9.17) is 10.5 Å². The van der Waals surface area contributed by atoms with Crippen LogP contribution in [0.3, 0.4) is 0 Å². The highest BCUT2D eigenvalue weighted by Gasteiger charge is 2.10. The first-order chi connectivity index (χ1) is 8.29. The molecule has 0 aliphatic rings. The summed E-state index contributed by atoms with van der Waals surface area (Å²) >= 11 is 0. The minimum Gasteiger partial charge on any atom is -0.399 e. The molecule has 0 radical (unpaired) electrons. The number of ether oxygens (including phenoxy) is 1. The molecule has 4 heteroatoms. The van der Waals surface area contributed by atoms with E-state index in [1.807, 2.05) is 24.3 Å². The average molecular weight is 231 g/mol. The lowest BCUT2D eigenvalue weighted by atomic mass is 10.1. The van der Waals surface area contributed by atoms with Gasteiger partial charge in [0.1, 0.15) is 12.4 Å². The molecule has 17 heavy (non-hydrogen) atoms. The van der Waals surface area contributed by atoms with Gasteiger partial charge < -0.3 is 15.5 Å². The zero-order chi connectivity index (χ0) is 12.1. The van der Waals surface area contributed by atoms with E-state index in [0.29, 0.717) is 6.61 Å². The van der Waals surface area contributed by atoms with Crippen molar-refractivity contribution < 1.29 is 4.74 Å². The Kier molecular flexibility index (Phi) is 3.77. The summed E-state index contributed by atoms with van der Waals surface area (Å²) in [5.41, 5.74) is 7.64. The van der Waals surface area contributed by atoms with Crippen molar-refractivity contribution in [1.82, 2.24) is 9.97 Å². The maximum Gasteiger partial charge on any atom is 0.132 e. The quantitative estimate of drug-likeness (QED) is 0.777. The van der Waals surface area contributed by atoms with Crippen LogP contribution < -0.4 is 5.73 Å². The molecule has 1 unspecified atom stereocenters. The van der Waals surface area contributed by atoms with Gasteiger partial charge in [0.05, 0.1) is 6.10 Å². The molecule has 2 aromatic rings. The summed E-state index contributed by atoms with van der Waals surface area (Å²) in [6, 6.07) is 7.81. The highest BCUT2D eigenvalue weighted by Crippen LogP contribution is 2.23. The SMILES string of the molecule is CCC(OCc1ncc[nH]1)c1cccc(N)c1. The Labute approximate surface area is 101 Å². The van der Waals surface area contributed by atoms with Crippen molar-refractivity contribution in [2.45, 2.75) is 26.1 Å². The normalized spacial score (nSPS) is 12.5. The third-order valence-electron chi connectivity index (χ3n) is 2.63. The molecule has 90 valence electrons. The molecule has 0 aliphatic carbocycles. The smallest absolute Gasteiger partial charge is 0.132 e. The number of anilines is 1. The van der Waals surface area contributed by atoms with E-state index in [2.05, 4.69) is 16.9 Å². The molecule has 0 fully saturated rings. The van der Waals surface area contributed by atoms with Crippen LogP contribution in [0.25, 0.3) is 0 Å². The lowest BCUT2D eigenvalue weighted by molar-refractivity contribution is 0.0336. The molecule has 0 amide bonds. The Morgan fingerprint density at radius 1 is 1.47 bits per heavy atom. The Hall–Kier alpha value is -1.81. The number of nitrogens with two attached hydrogens (primary N) is 1. The monoisotopic (exact) mass is 231 g/mol. The Morgan fingerprint density at radius 3 is 3.00 bits per heavy atom. The van der Waals surface area contributed by atoms with Gasteiger partial charge >= 0.3 is 0 Å².